The van der Waals surface area contributed by atoms with E-state index in [1.807, 2.05) is 0 Å². The molecular formula is C10H24OZr. The first kappa shape index (κ1) is 23.0. The van der Waals surface area contributed by atoms with Crippen LogP contribution in [0.25, 0.3) is 0 Å². The van der Waals surface area contributed by atoms with Gasteiger partial charge in [-0.1, -0.05) is 41.5 Å². The van der Waals surface area contributed by atoms with E-state index in [1.54, 1.807) is 0 Å². The molecule has 74 valence electrons. The van der Waals surface area contributed by atoms with E-state index in [0.29, 0.717) is 0 Å². The average molecular weight is 252 g/mol. The van der Waals surface area contributed by atoms with E-state index in [4.69, 9.17) is 0 Å². The molecule has 0 saturated carbocycles. The van der Waals surface area contributed by atoms with Crippen LogP contribution in [0.5, 0.6) is 0 Å². The van der Waals surface area contributed by atoms with Gasteiger partial charge in [-0.3, -0.25) is 0 Å². The zero-order chi connectivity index (χ0) is 9.00. The Morgan fingerprint density at radius 3 is 0.667 bits per heavy atom. The second kappa shape index (κ2) is 8.44. The van der Waals surface area contributed by atoms with Gasteiger partial charge in [0.1, 0.15) is 0 Å². The number of hydrogen-bond donors (Lipinski definition) is 0. The maximum absolute atomic E-state index is 3.77. The van der Waals surface area contributed by atoms with Crippen LogP contribution < -0.4 is 0 Å². The molecule has 0 aromatic carbocycles. The van der Waals surface area contributed by atoms with Crippen molar-refractivity contribution in [2.45, 2.75) is 41.5 Å². The molecule has 0 rings (SSSR count). The topological polar surface area (TPSA) is 31.5 Å². The second-order valence-corrected chi connectivity index (χ2v) is 5.12. The number of hydrogen-bond acceptors (Lipinski definition) is 0. The first-order valence-electron chi connectivity index (χ1n) is 3.71. The van der Waals surface area contributed by atoms with Crippen molar-refractivity contribution in [2.24, 2.45) is 10.8 Å². The van der Waals surface area contributed by atoms with Gasteiger partial charge in [0, 0.05) is 0 Å². The summed E-state index contributed by atoms with van der Waals surface area (Å²) in [7, 11) is 0. The van der Waals surface area contributed by atoms with Crippen LogP contribution in [0.15, 0.2) is 0 Å². The standard InChI is InChI=1S/2C5H11.H2O.Zr/c2*1-5(2,3)4;;/h2*1H2,2-4H3;1H2;/q2*-1;;+2. The minimum atomic E-state index is 0. The van der Waals surface area contributed by atoms with Crippen molar-refractivity contribution >= 4 is 0 Å². The molecule has 0 amide bonds. The van der Waals surface area contributed by atoms with Crippen LogP contribution in [0, 0.1) is 24.7 Å². The van der Waals surface area contributed by atoms with Gasteiger partial charge in [-0.2, -0.15) is 10.8 Å². The number of rotatable bonds is 0. The van der Waals surface area contributed by atoms with Gasteiger partial charge in [-0.15, -0.1) is 0 Å². The smallest absolute Gasteiger partial charge is 0.412 e. The van der Waals surface area contributed by atoms with Gasteiger partial charge in [0.25, 0.3) is 0 Å². The molecule has 0 aromatic heterocycles. The van der Waals surface area contributed by atoms with Crippen molar-refractivity contribution in [3.05, 3.63) is 13.8 Å². The Labute approximate surface area is 97.8 Å². The first-order chi connectivity index (χ1) is 4.00. The summed E-state index contributed by atoms with van der Waals surface area (Å²) in [6, 6.07) is 0. The fraction of sp³-hybridized carbons (Fsp3) is 0.800. The van der Waals surface area contributed by atoms with Gasteiger partial charge < -0.3 is 19.3 Å². The van der Waals surface area contributed by atoms with Crippen molar-refractivity contribution in [3.8, 4) is 0 Å². The van der Waals surface area contributed by atoms with Gasteiger partial charge in [0.15, 0.2) is 0 Å². The van der Waals surface area contributed by atoms with Crippen molar-refractivity contribution in [1.82, 2.24) is 0 Å². The predicted octanol–water partition coefficient (Wildman–Crippen LogP) is 2.91. The summed E-state index contributed by atoms with van der Waals surface area (Å²) in [5.41, 5.74) is 0.500. The molecular weight excluding hydrogens is 227 g/mol. The van der Waals surface area contributed by atoms with Gasteiger partial charge in [-0.25, -0.2) is 0 Å². The molecule has 0 aliphatic heterocycles. The van der Waals surface area contributed by atoms with Crippen LogP contribution >= 0.6 is 0 Å². The normalized spacial score (nSPS) is 10.0. The van der Waals surface area contributed by atoms with Crippen molar-refractivity contribution < 1.29 is 31.7 Å². The summed E-state index contributed by atoms with van der Waals surface area (Å²) >= 11 is 0. The molecule has 0 aliphatic rings. The monoisotopic (exact) mass is 250 g/mol. The molecule has 0 atom stereocenters. The fourth-order valence-electron chi connectivity index (χ4n) is 0. The van der Waals surface area contributed by atoms with Crippen molar-refractivity contribution in [2.75, 3.05) is 0 Å². The Morgan fingerprint density at radius 2 is 0.667 bits per heavy atom. The summed E-state index contributed by atoms with van der Waals surface area (Å²) in [5, 5.41) is 0. The third kappa shape index (κ3) is 1480. The van der Waals surface area contributed by atoms with E-state index in [0.717, 1.165) is 0 Å². The fourth-order valence-corrected chi connectivity index (χ4v) is 0. The first-order valence-corrected chi connectivity index (χ1v) is 3.71. The average Bonchev–Trinajstić information content (AvgIpc) is 1.12. The summed E-state index contributed by atoms with van der Waals surface area (Å²) < 4.78 is 0. The van der Waals surface area contributed by atoms with Gasteiger partial charge in [-0.05, 0) is 0 Å². The maximum Gasteiger partial charge on any atom is 2.00 e. The van der Waals surface area contributed by atoms with Crippen LogP contribution in [0.3, 0.4) is 0 Å². The molecule has 1 nitrogen and oxygen atoms in total. The molecule has 12 heavy (non-hydrogen) atoms. The third-order valence-electron chi connectivity index (χ3n) is 0. The van der Waals surface area contributed by atoms with Gasteiger partial charge in [0.05, 0.1) is 0 Å². The van der Waals surface area contributed by atoms with E-state index in [2.05, 4.69) is 55.4 Å². The zero-order valence-electron chi connectivity index (χ0n) is 9.41. The summed E-state index contributed by atoms with van der Waals surface area (Å²) in [6.07, 6.45) is 0. The van der Waals surface area contributed by atoms with Crippen molar-refractivity contribution in [3.63, 3.8) is 0 Å². The SMILES string of the molecule is O.[CH2-]C(C)(C)C.[CH2-]C(C)(C)C.[Zr+2]. The minimum Gasteiger partial charge on any atom is -0.412 e. The zero-order valence-corrected chi connectivity index (χ0v) is 11.9. The van der Waals surface area contributed by atoms with Gasteiger partial charge in [0.2, 0.25) is 0 Å². The van der Waals surface area contributed by atoms with E-state index in [9.17, 15) is 0 Å². The quantitative estimate of drug-likeness (QED) is 0.593. The van der Waals surface area contributed by atoms with E-state index < -0.39 is 0 Å². The molecule has 0 aromatic rings. The Bertz CT molecular complexity index is 52.8. The molecule has 0 aliphatic carbocycles. The Balaban J connectivity index is -0.0000000457. The molecule has 0 radical (unpaired) electrons. The summed E-state index contributed by atoms with van der Waals surface area (Å²) in [5.74, 6) is 0. The maximum atomic E-state index is 3.77. The van der Waals surface area contributed by atoms with Crippen LogP contribution in [0.2, 0.25) is 0 Å². The van der Waals surface area contributed by atoms with Crippen LogP contribution in [0.1, 0.15) is 41.5 Å². The van der Waals surface area contributed by atoms with Gasteiger partial charge >= 0.3 is 26.2 Å². The largest absolute Gasteiger partial charge is 2.00 e. The van der Waals surface area contributed by atoms with E-state index in [1.165, 1.54) is 0 Å². The molecule has 0 fully saturated rings. The molecule has 2 N–H and O–H groups in total. The van der Waals surface area contributed by atoms with Crippen LogP contribution in [-0.2, 0) is 26.2 Å². The molecule has 0 spiro atoms. The van der Waals surface area contributed by atoms with Crippen molar-refractivity contribution in [1.29, 1.82) is 0 Å². The van der Waals surface area contributed by atoms with Crippen LogP contribution in [0.4, 0.5) is 0 Å². The van der Waals surface area contributed by atoms with E-state index in [-0.39, 0.29) is 42.5 Å². The summed E-state index contributed by atoms with van der Waals surface area (Å²) in [4.78, 5) is 0. The van der Waals surface area contributed by atoms with E-state index >= 15 is 0 Å². The molecule has 0 heterocycles. The Morgan fingerprint density at radius 1 is 0.667 bits per heavy atom. The molecule has 0 saturated heterocycles. The molecule has 0 bridgehead atoms. The molecule has 0 unspecified atom stereocenters. The third-order valence-corrected chi connectivity index (χ3v) is 0. The predicted molar refractivity (Wildman–Crippen MR) is 53.2 cm³/mol. The van der Waals surface area contributed by atoms with Crippen LogP contribution in [-0.4, -0.2) is 5.48 Å². The Kier molecular flexibility index (Phi) is 16.2. The second-order valence-electron chi connectivity index (χ2n) is 5.12. The Hall–Kier alpha value is 0.843. The summed E-state index contributed by atoms with van der Waals surface area (Å²) in [6.45, 7) is 20.0. The minimum absolute atomic E-state index is 0. The molecule has 2 heteroatoms.